The first-order valence-electron chi connectivity index (χ1n) is 7.11. The Kier molecular flexibility index (Phi) is 6.37. The van der Waals surface area contributed by atoms with Crippen molar-refractivity contribution in [3.8, 4) is 0 Å². The van der Waals surface area contributed by atoms with Gasteiger partial charge in [0.15, 0.2) is 0 Å². The van der Waals surface area contributed by atoms with E-state index in [9.17, 15) is 5.11 Å². The Balaban J connectivity index is 0.00000180. The fourth-order valence-electron chi connectivity index (χ4n) is 3.40. The maximum Gasteiger partial charge on any atom is 0.102 e. The van der Waals surface area contributed by atoms with Gasteiger partial charge >= 0.3 is 0 Å². The molecule has 1 saturated carbocycles. The Morgan fingerprint density at radius 3 is 2.26 bits per heavy atom. The van der Waals surface area contributed by atoms with Crippen LogP contribution in [0.15, 0.2) is 30.3 Å². The summed E-state index contributed by atoms with van der Waals surface area (Å²) in [5, 5.41) is 14.3. The summed E-state index contributed by atoms with van der Waals surface area (Å²) in [5.74, 6) is 0.582. The van der Waals surface area contributed by atoms with Crippen LogP contribution in [-0.2, 0) is 5.60 Å². The van der Waals surface area contributed by atoms with Crippen molar-refractivity contribution in [2.45, 2.75) is 50.7 Å². The Labute approximate surface area is 124 Å². The molecule has 2 atom stereocenters. The lowest BCUT2D eigenvalue weighted by atomic mass is 9.75. The topological polar surface area (TPSA) is 32.3 Å². The Bertz CT molecular complexity index is 360. The van der Waals surface area contributed by atoms with Crippen LogP contribution in [0.5, 0.6) is 0 Å². The third kappa shape index (κ3) is 3.74. The number of nitrogens with one attached hydrogen (secondary N) is 1. The van der Waals surface area contributed by atoms with Gasteiger partial charge in [-0.15, -0.1) is 0 Å². The van der Waals surface area contributed by atoms with Crippen molar-refractivity contribution < 1.29 is 5.11 Å². The van der Waals surface area contributed by atoms with Crippen molar-refractivity contribution in [1.82, 2.24) is 5.32 Å². The quantitative estimate of drug-likeness (QED) is 0.888. The molecular formula is C16H27NOS. The van der Waals surface area contributed by atoms with Crippen molar-refractivity contribution in [3.05, 3.63) is 35.9 Å². The van der Waals surface area contributed by atoms with Crippen LogP contribution in [0.25, 0.3) is 0 Å². The van der Waals surface area contributed by atoms with Crippen molar-refractivity contribution >= 4 is 13.5 Å². The fourth-order valence-corrected chi connectivity index (χ4v) is 3.40. The van der Waals surface area contributed by atoms with Gasteiger partial charge in [-0.1, -0.05) is 49.6 Å². The molecule has 0 aliphatic heterocycles. The smallest absolute Gasteiger partial charge is 0.102 e. The number of rotatable bonds is 4. The Morgan fingerprint density at radius 2 is 1.74 bits per heavy atom. The first kappa shape index (κ1) is 16.5. The van der Waals surface area contributed by atoms with Gasteiger partial charge in [-0.3, -0.25) is 0 Å². The number of benzene rings is 1. The zero-order chi connectivity index (χ0) is 13.0. The summed E-state index contributed by atoms with van der Waals surface area (Å²) >= 11 is 0. The van der Waals surface area contributed by atoms with E-state index in [-0.39, 0.29) is 19.5 Å². The molecule has 2 rings (SSSR count). The SMILES string of the molecule is CN[C@@H](C1CCCCC1)[C@@](C)(O)c1ccccc1.S. The number of likely N-dealkylation sites (N-methyl/N-ethyl adjacent to an activating group) is 1. The van der Waals surface area contributed by atoms with Crippen molar-refractivity contribution in [2.24, 2.45) is 5.92 Å². The molecule has 0 unspecified atom stereocenters. The molecule has 0 radical (unpaired) electrons. The molecule has 0 aromatic heterocycles. The third-order valence-corrected chi connectivity index (χ3v) is 4.40. The van der Waals surface area contributed by atoms with Gasteiger partial charge in [-0.2, -0.15) is 13.5 Å². The molecule has 1 aliphatic carbocycles. The largest absolute Gasteiger partial charge is 0.384 e. The van der Waals surface area contributed by atoms with Gasteiger partial charge in [0, 0.05) is 6.04 Å². The van der Waals surface area contributed by atoms with E-state index in [1.807, 2.05) is 44.3 Å². The van der Waals surface area contributed by atoms with E-state index in [1.54, 1.807) is 0 Å². The first-order chi connectivity index (χ1) is 8.66. The number of aliphatic hydroxyl groups is 1. The van der Waals surface area contributed by atoms with Gasteiger partial charge in [0.05, 0.1) is 0 Å². The summed E-state index contributed by atoms with van der Waals surface area (Å²) in [6, 6.07) is 10.2. The maximum absolute atomic E-state index is 10.9. The summed E-state index contributed by atoms with van der Waals surface area (Å²) in [6.07, 6.45) is 6.41. The molecule has 0 saturated heterocycles. The van der Waals surface area contributed by atoms with Crippen molar-refractivity contribution in [2.75, 3.05) is 7.05 Å². The molecule has 1 aromatic rings. The van der Waals surface area contributed by atoms with Gasteiger partial charge in [0.2, 0.25) is 0 Å². The van der Waals surface area contributed by atoms with Gasteiger partial charge in [-0.05, 0) is 38.3 Å². The van der Waals surface area contributed by atoms with Crippen LogP contribution < -0.4 is 5.32 Å². The van der Waals surface area contributed by atoms with E-state index in [1.165, 1.54) is 32.1 Å². The predicted octanol–water partition coefficient (Wildman–Crippen LogP) is 3.18. The summed E-state index contributed by atoms with van der Waals surface area (Å²) in [6.45, 7) is 1.94. The highest BCUT2D eigenvalue weighted by atomic mass is 32.1. The zero-order valence-corrected chi connectivity index (χ0v) is 13.0. The Hall–Kier alpha value is -0.510. The van der Waals surface area contributed by atoms with Crippen LogP contribution in [0, 0.1) is 5.92 Å². The molecule has 19 heavy (non-hydrogen) atoms. The van der Waals surface area contributed by atoms with Crippen LogP contribution in [0.1, 0.15) is 44.6 Å². The lowest BCUT2D eigenvalue weighted by Crippen LogP contribution is -2.50. The monoisotopic (exact) mass is 281 g/mol. The summed E-state index contributed by atoms with van der Waals surface area (Å²) in [4.78, 5) is 0. The van der Waals surface area contributed by atoms with Gasteiger partial charge in [0.25, 0.3) is 0 Å². The van der Waals surface area contributed by atoms with Gasteiger partial charge in [-0.25, -0.2) is 0 Å². The van der Waals surface area contributed by atoms with Gasteiger partial charge < -0.3 is 10.4 Å². The number of hydrogen-bond acceptors (Lipinski definition) is 2. The second-order valence-electron chi connectivity index (χ2n) is 5.68. The average Bonchev–Trinajstić information content (AvgIpc) is 2.41. The van der Waals surface area contributed by atoms with E-state index in [0.717, 1.165) is 5.56 Å². The standard InChI is InChI=1S/C16H25NO.H2S/c1-16(18,14-11-7-4-8-12-14)15(17-2)13-9-5-3-6-10-13;/h4,7-8,11-13,15,17-18H,3,5-6,9-10H2,1-2H3;1H2/t15-,16-;/m0./s1. The van der Waals surface area contributed by atoms with Crippen molar-refractivity contribution in [3.63, 3.8) is 0 Å². The first-order valence-corrected chi connectivity index (χ1v) is 7.11. The molecule has 3 heteroatoms. The zero-order valence-electron chi connectivity index (χ0n) is 12.0. The predicted molar refractivity (Wildman–Crippen MR) is 85.8 cm³/mol. The van der Waals surface area contributed by atoms with E-state index < -0.39 is 5.60 Å². The molecule has 0 amide bonds. The molecular weight excluding hydrogens is 254 g/mol. The summed E-state index contributed by atoms with van der Waals surface area (Å²) in [5.41, 5.74) is 0.216. The van der Waals surface area contributed by atoms with E-state index in [0.29, 0.717) is 5.92 Å². The molecule has 0 bridgehead atoms. The second kappa shape index (κ2) is 7.32. The molecule has 0 spiro atoms. The normalized spacial score (nSPS) is 21.2. The molecule has 108 valence electrons. The van der Waals surface area contributed by atoms with E-state index >= 15 is 0 Å². The number of hydrogen-bond donors (Lipinski definition) is 2. The van der Waals surface area contributed by atoms with Crippen LogP contribution in [0.4, 0.5) is 0 Å². The second-order valence-corrected chi connectivity index (χ2v) is 5.68. The molecule has 2 nitrogen and oxygen atoms in total. The van der Waals surface area contributed by atoms with Gasteiger partial charge in [0.1, 0.15) is 5.60 Å². The molecule has 2 N–H and O–H groups in total. The molecule has 1 aliphatic rings. The Morgan fingerprint density at radius 1 is 1.16 bits per heavy atom. The summed E-state index contributed by atoms with van der Waals surface area (Å²) < 4.78 is 0. The maximum atomic E-state index is 10.9. The van der Waals surface area contributed by atoms with E-state index in [2.05, 4.69) is 5.32 Å². The molecule has 1 fully saturated rings. The van der Waals surface area contributed by atoms with E-state index in [4.69, 9.17) is 0 Å². The average molecular weight is 281 g/mol. The minimum absolute atomic E-state index is 0. The molecule has 1 aromatic carbocycles. The highest BCUT2D eigenvalue weighted by Crippen LogP contribution is 2.35. The van der Waals surface area contributed by atoms with Crippen LogP contribution in [0.2, 0.25) is 0 Å². The van der Waals surface area contributed by atoms with Crippen LogP contribution in [-0.4, -0.2) is 18.2 Å². The highest BCUT2D eigenvalue weighted by molar-refractivity contribution is 7.59. The lowest BCUT2D eigenvalue weighted by molar-refractivity contribution is -0.0113. The minimum Gasteiger partial charge on any atom is -0.384 e. The van der Waals surface area contributed by atoms with Crippen molar-refractivity contribution in [1.29, 1.82) is 0 Å². The molecule has 0 heterocycles. The fraction of sp³-hybridized carbons (Fsp3) is 0.625. The highest BCUT2D eigenvalue weighted by Gasteiger charge is 2.38. The third-order valence-electron chi connectivity index (χ3n) is 4.40. The minimum atomic E-state index is -0.794. The lowest BCUT2D eigenvalue weighted by Gasteiger charge is -2.40. The summed E-state index contributed by atoms with van der Waals surface area (Å²) in [7, 11) is 1.97. The van der Waals surface area contributed by atoms with Crippen LogP contribution >= 0.6 is 13.5 Å². The van der Waals surface area contributed by atoms with Crippen LogP contribution in [0.3, 0.4) is 0 Å².